The van der Waals surface area contributed by atoms with Gasteiger partial charge in [-0.1, -0.05) is 23.7 Å². The summed E-state index contributed by atoms with van der Waals surface area (Å²) < 4.78 is 18.4. The van der Waals surface area contributed by atoms with Crippen LogP contribution in [0.25, 0.3) is 0 Å². The van der Waals surface area contributed by atoms with E-state index >= 15 is 0 Å². The van der Waals surface area contributed by atoms with Gasteiger partial charge in [0.25, 0.3) is 0 Å². The highest BCUT2D eigenvalue weighted by Gasteiger charge is 2.21. The summed E-state index contributed by atoms with van der Waals surface area (Å²) in [7, 11) is 1.62. The average molecular weight is 497 g/mol. The summed E-state index contributed by atoms with van der Waals surface area (Å²) >= 11 is 5.74. The third-order valence-electron chi connectivity index (χ3n) is 5.81. The monoisotopic (exact) mass is 496 g/mol. The predicted octanol–water partition coefficient (Wildman–Crippen LogP) is 5.02. The van der Waals surface area contributed by atoms with E-state index in [4.69, 9.17) is 16.3 Å². The highest BCUT2D eigenvalue weighted by molar-refractivity contribution is 6.31. The highest BCUT2D eigenvalue weighted by Crippen LogP contribution is 2.22. The van der Waals surface area contributed by atoms with Crippen LogP contribution in [0.2, 0.25) is 5.02 Å². The van der Waals surface area contributed by atoms with Crippen LogP contribution in [0.5, 0.6) is 5.75 Å². The molecule has 1 heterocycles. The molecule has 7 nitrogen and oxygen atoms in total. The smallest absolute Gasteiger partial charge is 0.323 e. The summed E-state index contributed by atoms with van der Waals surface area (Å²) in [5, 5.41) is 5.30. The lowest BCUT2D eigenvalue weighted by atomic mass is 10.1. The Morgan fingerprint density at radius 3 is 2.17 bits per heavy atom. The number of methoxy groups -OCH3 is 1. The number of benzene rings is 3. The number of ether oxygens (including phenoxy) is 1. The largest absolute Gasteiger partial charge is 0.497 e. The summed E-state index contributed by atoms with van der Waals surface area (Å²) in [6.07, 6.45) is 0.372. The molecule has 4 rings (SSSR count). The van der Waals surface area contributed by atoms with Crippen molar-refractivity contribution < 1.29 is 18.7 Å². The third kappa shape index (κ3) is 6.42. The van der Waals surface area contributed by atoms with Gasteiger partial charge in [-0.3, -0.25) is 4.79 Å². The van der Waals surface area contributed by atoms with Crippen LogP contribution in [0.15, 0.2) is 66.7 Å². The fourth-order valence-electron chi connectivity index (χ4n) is 3.87. The molecule has 1 fully saturated rings. The van der Waals surface area contributed by atoms with Crippen LogP contribution in [0, 0.1) is 5.82 Å². The molecule has 0 spiro atoms. The topological polar surface area (TPSA) is 73.9 Å². The summed E-state index contributed by atoms with van der Waals surface area (Å²) in [6.45, 7) is 2.76. The Bertz CT molecular complexity index is 1180. The van der Waals surface area contributed by atoms with Gasteiger partial charge in [-0.05, 0) is 60.2 Å². The molecule has 35 heavy (non-hydrogen) atoms. The number of rotatable bonds is 6. The van der Waals surface area contributed by atoms with Gasteiger partial charge in [0, 0.05) is 43.2 Å². The molecule has 0 atom stereocenters. The van der Waals surface area contributed by atoms with E-state index in [0.29, 0.717) is 30.9 Å². The molecule has 1 aliphatic rings. The van der Waals surface area contributed by atoms with Gasteiger partial charge < -0.3 is 25.2 Å². The molecule has 3 amide bonds. The number of nitrogens with zero attached hydrogens (tertiary/aromatic N) is 2. The van der Waals surface area contributed by atoms with Crippen molar-refractivity contribution in [2.75, 3.05) is 48.8 Å². The molecule has 0 aliphatic carbocycles. The van der Waals surface area contributed by atoms with E-state index in [2.05, 4.69) is 15.5 Å². The maximum atomic E-state index is 13.3. The quantitative estimate of drug-likeness (QED) is 0.502. The Balaban J connectivity index is 1.25. The molecule has 3 aromatic carbocycles. The number of urea groups is 1. The lowest BCUT2D eigenvalue weighted by molar-refractivity contribution is -0.130. The number of nitrogens with one attached hydrogen (secondary N) is 2. The molecule has 0 aromatic heterocycles. The minimum absolute atomic E-state index is 0.0605. The highest BCUT2D eigenvalue weighted by atomic mass is 35.5. The van der Waals surface area contributed by atoms with Crippen molar-refractivity contribution in [3.63, 3.8) is 0 Å². The Hall–Kier alpha value is -3.78. The van der Waals surface area contributed by atoms with E-state index in [1.54, 1.807) is 7.11 Å². The van der Waals surface area contributed by atoms with Crippen LogP contribution in [0.4, 0.5) is 26.2 Å². The van der Waals surface area contributed by atoms with Crippen molar-refractivity contribution in [1.82, 2.24) is 4.90 Å². The Morgan fingerprint density at radius 1 is 0.914 bits per heavy atom. The maximum Gasteiger partial charge on any atom is 0.323 e. The van der Waals surface area contributed by atoms with Gasteiger partial charge in [0.05, 0.1) is 18.6 Å². The van der Waals surface area contributed by atoms with Crippen molar-refractivity contribution in [1.29, 1.82) is 0 Å². The Labute approximate surface area is 208 Å². The first-order valence-corrected chi connectivity index (χ1v) is 11.6. The zero-order valence-corrected chi connectivity index (χ0v) is 20.0. The SMILES string of the molecule is COc1ccc(CC(=O)N2CCN(c3ccc(NC(=O)Nc4ccc(F)c(Cl)c4)cc3)CC2)cc1. The number of amides is 3. The van der Waals surface area contributed by atoms with Crippen LogP contribution in [0.3, 0.4) is 0 Å². The van der Waals surface area contributed by atoms with Gasteiger partial charge in [0.2, 0.25) is 5.91 Å². The van der Waals surface area contributed by atoms with E-state index in [-0.39, 0.29) is 10.9 Å². The fourth-order valence-corrected chi connectivity index (χ4v) is 4.05. The van der Waals surface area contributed by atoms with Gasteiger partial charge >= 0.3 is 6.03 Å². The maximum absolute atomic E-state index is 13.3. The van der Waals surface area contributed by atoms with E-state index in [9.17, 15) is 14.0 Å². The second kappa shape index (κ2) is 11.1. The molecule has 0 saturated carbocycles. The third-order valence-corrected chi connectivity index (χ3v) is 6.10. The summed E-state index contributed by atoms with van der Waals surface area (Å²) in [5.74, 6) is 0.341. The van der Waals surface area contributed by atoms with Gasteiger partial charge in [-0.25, -0.2) is 9.18 Å². The molecule has 9 heteroatoms. The molecular weight excluding hydrogens is 471 g/mol. The zero-order chi connectivity index (χ0) is 24.8. The number of carbonyl (C=O) groups excluding carboxylic acids is 2. The van der Waals surface area contributed by atoms with E-state index in [1.165, 1.54) is 18.2 Å². The minimum Gasteiger partial charge on any atom is -0.497 e. The first-order chi connectivity index (χ1) is 16.9. The lowest BCUT2D eigenvalue weighted by Crippen LogP contribution is -2.49. The average Bonchev–Trinajstić information content (AvgIpc) is 2.87. The normalized spacial score (nSPS) is 13.3. The second-order valence-corrected chi connectivity index (χ2v) is 8.55. The van der Waals surface area contributed by atoms with Crippen molar-refractivity contribution in [3.05, 3.63) is 83.1 Å². The van der Waals surface area contributed by atoms with Crippen LogP contribution in [0.1, 0.15) is 5.56 Å². The number of halogens is 2. The molecule has 1 saturated heterocycles. The zero-order valence-electron chi connectivity index (χ0n) is 19.3. The van der Waals surface area contributed by atoms with Crippen LogP contribution in [-0.2, 0) is 11.2 Å². The van der Waals surface area contributed by atoms with Gasteiger partial charge in [0.15, 0.2) is 0 Å². The lowest BCUT2D eigenvalue weighted by Gasteiger charge is -2.36. The molecule has 182 valence electrons. The standard InChI is InChI=1S/C26H26ClFN4O3/c1-35-22-9-2-18(3-10-22)16-25(33)32-14-12-31(13-15-32)21-7-4-19(5-8-21)29-26(34)30-20-6-11-24(28)23(27)17-20/h2-11,17H,12-16H2,1H3,(H2,29,30,34). The van der Waals surface area contributed by atoms with E-state index in [0.717, 1.165) is 30.1 Å². The van der Waals surface area contributed by atoms with E-state index < -0.39 is 11.8 Å². The molecule has 1 aliphatic heterocycles. The summed E-state index contributed by atoms with van der Waals surface area (Å²) in [6, 6.07) is 18.6. The fraction of sp³-hybridized carbons (Fsp3) is 0.231. The van der Waals surface area contributed by atoms with Crippen LogP contribution in [-0.4, -0.2) is 50.1 Å². The molecule has 0 unspecified atom stereocenters. The Morgan fingerprint density at radius 2 is 1.54 bits per heavy atom. The first-order valence-electron chi connectivity index (χ1n) is 11.2. The molecular formula is C26H26ClFN4O3. The van der Waals surface area contributed by atoms with Crippen LogP contribution >= 0.6 is 11.6 Å². The number of piperazine rings is 1. The Kier molecular flexibility index (Phi) is 7.72. The second-order valence-electron chi connectivity index (χ2n) is 8.15. The van der Waals surface area contributed by atoms with Crippen molar-refractivity contribution in [3.8, 4) is 5.75 Å². The van der Waals surface area contributed by atoms with Gasteiger partial charge in [-0.2, -0.15) is 0 Å². The predicted molar refractivity (Wildman–Crippen MR) is 136 cm³/mol. The molecule has 0 radical (unpaired) electrons. The number of anilines is 3. The van der Waals surface area contributed by atoms with Crippen molar-refractivity contribution in [2.24, 2.45) is 0 Å². The molecule has 2 N–H and O–H groups in total. The summed E-state index contributed by atoms with van der Waals surface area (Å²) in [5.41, 5.74) is 2.99. The minimum atomic E-state index is -0.546. The molecule has 3 aromatic rings. The van der Waals surface area contributed by atoms with Crippen LogP contribution < -0.4 is 20.3 Å². The van der Waals surface area contributed by atoms with Crippen molar-refractivity contribution >= 4 is 40.6 Å². The number of hydrogen-bond acceptors (Lipinski definition) is 4. The van der Waals surface area contributed by atoms with Gasteiger partial charge in [-0.15, -0.1) is 0 Å². The number of hydrogen-bond donors (Lipinski definition) is 2. The molecule has 0 bridgehead atoms. The van der Waals surface area contributed by atoms with E-state index in [1.807, 2.05) is 53.4 Å². The van der Waals surface area contributed by atoms with Crippen molar-refractivity contribution in [2.45, 2.75) is 6.42 Å². The number of carbonyl (C=O) groups is 2. The summed E-state index contributed by atoms with van der Waals surface area (Å²) in [4.78, 5) is 29.0. The van der Waals surface area contributed by atoms with Gasteiger partial charge in [0.1, 0.15) is 11.6 Å². The first kappa shape index (κ1) is 24.3.